The lowest BCUT2D eigenvalue weighted by atomic mass is 10.2. The Morgan fingerprint density at radius 2 is 1.90 bits per heavy atom. The van der Waals surface area contributed by atoms with Crippen LogP contribution in [0.25, 0.3) is 0 Å². The van der Waals surface area contributed by atoms with Crippen LogP contribution in [0, 0.1) is 5.82 Å². The average Bonchev–Trinajstić information content (AvgIpc) is 3.18. The maximum atomic E-state index is 12.9. The number of hydrogen-bond donors (Lipinski definition) is 0. The van der Waals surface area contributed by atoms with Gasteiger partial charge in [0.15, 0.2) is 11.5 Å². The molecule has 9 heteroatoms. The summed E-state index contributed by atoms with van der Waals surface area (Å²) in [5.41, 5.74) is 0.829. The quantitative estimate of drug-likeness (QED) is 0.467. The van der Waals surface area contributed by atoms with E-state index in [9.17, 15) is 9.18 Å². The van der Waals surface area contributed by atoms with Gasteiger partial charge in [-0.3, -0.25) is 0 Å². The Kier molecular flexibility index (Phi) is 6.90. The third kappa shape index (κ3) is 5.36. The van der Waals surface area contributed by atoms with Crippen LogP contribution in [0.5, 0.6) is 17.2 Å². The van der Waals surface area contributed by atoms with Crippen molar-refractivity contribution in [2.75, 3.05) is 14.2 Å². The first-order valence-corrected chi connectivity index (χ1v) is 9.66. The molecule has 0 unspecified atom stereocenters. The molecule has 0 saturated carbocycles. The molecule has 6 nitrogen and oxygen atoms in total. The van der Waals surface area contributed by atoms with Crippen LogP contribution in [0.15, 0.2) is 41.8 Å². The zero-order chi connectivity index (χ0) is 20.8. The van der Waals surface area contributed by atoms with Crippen LogP contribution in [0.4, 0.5) is 4.39 Å². The molecule has 2 aromatic carbocycles. The van der Waals surface area contributed by atoms with Gasteiger partial charge in [-0.15, -0.1) is 11.3 Å². The maximum absolute atomic E-state index is 12.9. The summed E-state index contributed by atoms with van der Waals surface area (Å²) in [7, 11) is 2.91. The molecule has 0 N–H and O–H groups in total. The molecule has 0 aliphatic carbocycles. The fraction of sp³-hybridized carbons (Fsp3) is 0.200. The predicted molar refractivity (Wildman–Crippen MR) is 107 cm³/mol. The molecule has 1 aromatic heterocycles. The highest BCUT2D eigenvalue weighted by Gasteiger charge is 2.17. The molecule has 0 saturated heterocycles. The first-order chi connectivity index (χ1) is 14.0. The van der Waals surface area contributed by atoms with Gasteiger partial charge in [-0.25, -0.2) is 14.2 Å². The summed E-state index contributed by atoms with van der Waals surface area (Å²) in [5, 5.41) is 2.72. The molecule has 3 aromatic rings. The van der Waals surface area contributed by atoms with Gasteiger partial charge in [0.1, 0.15) is 29.8 Å². The Hall–Kier alpha value is -2.84. The van der Waals surface area contributed by atoms with E-state index in [2.05, 4.69) is 4.98 Å². The smallest absolute Gasteiger partial charge is 0.338 e. The maximum Gasteiger partial charge on any atom is 0.338 e. The van der Waals surface area contributed by atoms with Gasteiger partial charge in [-0.1, -0.05) is 11.6 Å². The van der Waals surface area contributed by atoms with Gasteiger partial charge in [-0.05, 0) is 36.4 Å². The minimum Gasteiger partial charge on any atom is -0.493 e. The molecule has 0 fully saturated rings. The van der Waals surface area contributed by atoms with Crippen molar-refractivity contribution in [1.29, 1.82) is 0 Å². The topological polar surface area (TPSA) is 66.9 Å². The molecular formula is C20H17ClFNO5S. The highest BCUT2D eigenvalue weighted by Crippen LogP contribution is 2.36. The van der Waals surface area contributed by atoms with Crippen LogP contribution in [0.2, 0.25) is 5.02 Å². The van der Waals surface area contributed by atoms with Crippen LogP contribution in [0.3, 0.4) is 0 Å². The van der Waals surface area contributed by atoms with E-state index in [1.807, 2.05) is 0 Å². The summed E-state index contributed by atoms with van der Waals surface area (Å²) in [6.45, 7) is 0.230. The fourth-order valence-electron chi connectivity index (χ4n) is 2.42. The molecule has 1 heterocycles. The Morgan fingerprint density at radius 3 is 2.59 bits per heavy atom. The number of thiazole rings is 1. The monoisotopic (exact) mass is 437 g/mol. The average molecular weight is 438 g/mol. The van der Waals surface area contributed by atoms with E-state index in [-0.39, 0.29) is 29.6 Å². The number of carbonyl (C=O) groups is 1. The van der Waals surface area contributed by atoms with Crippen molar-refractivity contribution in [2.45, 2.75) is 13.2 Å². The molecule has 0 atom stereocenters. The van der Waals surface area contributed by atoms with Crippen molar-refractivity contribution in [3.63, 3.8) is 0 Å². The molecule has 0 bridgehead atoms. The second kappa shape index (κ2) is 9.58. The zero-order valence-electron chi connectivity index (χ0n) is 15.6. The van der Waals surface area contributed by atoms with Crippen molar-refractivity contribution in [3.8, 4) is 17.2 Å². The minimum atomic E-state index is -0.565. The predicted octanol–water partition coefficient (Wildman–Crippen LogP) is 4.89. The second-order valence-corrected chi connectivity index (χ2v) is 7.09. The summed E-state index contributed by atoms with van der Waals surface area (Å²) >= 11 is 7.49. The van der Waals surface area contributed by atoms with Gasteiger partial charge in [0.2, 0.25) is 0 Å². The molecule has 0 amide bonds. The number of hydrogen-bond acceptors (Lipinski definition) is 7. The van der Waals surface area contributed by atoms with Crippen molar-refractivity contribution in [1.82, 2.24) is 4.98 Å². The molecule has 152 valence electrons. The van der Waals surface area contributed by atoms with Gasteiger partial charge in [0.25, 0.3) is 0 Å². The van der Waals surface area contributed by atoms with Gasteiger partial charge >= 0.3 is 5.97 Å². The number of halogens is 2. The summed E-state index contributed by atoms with van der Waals surface area (Å²) in [5.74, 6) is 0.327. The highest BCUT2D eigenvalue weighted by atomic mass is 35.5. The SMILES string of the molecule is COc1cc(C(=O)OCc2csc(COc3ccc(F)cc3)n2)cc(Cl)c1OC. The van der Waals surface area contributed by atoms with Gasteiger partial charge < -0.3 is 18.9 Å². The van der Waals surface area contributed by atoms with Crippen LogP contribution in [-0.4, -0.2) is 25.2 Å². The number of carbonyl (C=O) groups excluding carboxylic acids is 1. The number of methoxy groups -OCH3 is 2. The van der Waals surface area contributed by atoms with E-state index < -0.39 is 5.97 Å². The lowest BCUT2D eigenvalue weighted by Crippen LogP contribution is -2.06. The highest BCUT2D eigenvalue weighted by molar-refractivity contribution is 7.09. The van der Waals surface area contributed by atoms with E-state index in [4.69, 9.17) is 30.5 Å². The Labute approximate surface area is 175 Å². The Bertz CT molecular complexity index is 993. The molecule has 0 radical (unpaired) electrons. The number of aromatic nitrogens is 1. The second-order valence-electron chi connectivity index (χ2n) is 5.74. The number of rotatable bonds is 8. The molecule has 0 aliphatic rings. The number of esters is 1. The first-order valence-electron chi connectivity index (χ1n) is 8.40. The Balaban J connectivity index is 1.57. The summed E-state index contributed by atoms with van der Waals surface area (Å²) < 4.78 is 34.1. The Morgan fingerprint density at radius 1 is 1.14 bits per heavy atom. The summed E-state index contributed by atoms with van der Waals surface area (Å²) in [6, 6.07) is 8.68. The van der Waals surface area contributed by atoms with Gasteiger partial charge in [0, 0.05) is 5.38 Å². The van der Waals surface area contributed by atoms with E-state index in [0.717, 1.165) is 0 Å². The van der Waals surface area contributed by atoms with E-state index in [1.165, 1.54) is 49.8 Å². The third-order valence-corrected chi connectivity index (χ3v) is 4.95. The third-order valence-electron chi connectivity index (χ3n) is 3.80. The summed E-state index contributed by atoms with van der Waals surface area (Å²) in [4.78, 5) is 16.7. The molecule has 0 aliphatic heterocycles. The summed E-state index contributed by atoms with van der Waals surface area (Å²) in [6.07, 6.45) is 0. The van der Waals surface area contributed by atoms with Crippen molar-refractivity contribution < 1.29 is 28.1 Å². The zero-order valence-corrected chi connectivity index (χ0v) is 17.2. The van der Waals surface area contributed by atoms with Crippen molar-refractivity contribution in [2.24, 2.45) is 0 Å². The largest absolute Gasteiger partial charge is 0.493 e. The van der Waals surface area contributed by atoms with E-state index in [0.29, 0.717) is 28.0 Å². The molecule has 3 rings (SSSR count). The standard InChI is InChI=1S/C20H17ClFNO5S/c1-25-17-8-12(7-16(21)19(17)26-2)20(24)28-9-14-11-29-18(23-14)10-27-15-5-3-13(22)4-6-15/h3-8,11H,9-10H2,1-2H3. The van der Waals surface area contributed by atoms with Crippen molar-refractivity contribution >= 4 is 28.9 Å². The van der Waals surface area contributed by atoms with E-state index >= 15 is 0 Å². The molecular weight excluding hydrogens is 421 g/mol. The van der Waals surface area contributed by atoms with Crippen molar-refractivity contribution in [3.05, 3.63) is 68.9 Å². The van der Waals surface area contributed by atoms with Gasteiger partial charge in [0.05, 0.1) is 30.5 Å². The van der Waals surface area contributed by atoms with E-state index in [1.54, 1.807) is 17.5 Å². The first kappa shape index (κ1) is 20.9. The number of nitrogens with zero attached hydrogens (tertiary/aromatic N) is 1. The molecule has 29 heavy (non-hydrogen) atoms. The van der Waals surface area contributed by atoms with Crippen LogP contribution < -0.4 is 14.2 Å². The number of benzene rings is 2. The van der Waals surface area contributed by atoms with Crippen LogP contribution in [-0.2, 0) is 18.0 Å². The normalized spacial score (nSPS) is 10.5. The van der Waals surface area contributed by atoms with Gasteiger partial charge in [-0.2, -0.15) is 0 Å². The van der Waals surface area contributed by atoms with Crippen LogP contribution in [0.1, 0.15) is 21.1 Å². The number of ether oxygens (including phenoxy) is 4. The minimum absolute atomic E-state index is 0.00214. The molecule has 0 spiro atoms. The fourth-order valence-corrected chi connectivity index (χ4v) is 3.39. The lowest BCUT2D eigenvalue weighted by molar-refractivity contribution is 0.0467. The lowest BCUT2D eigenvalue weighted by Gasteiger charge is -2.11. The van der Waals surface area contributed by atoms with Crippen LogP contribution >= 0.6 is 22.9 Å².